The molecule has 4 aromatic rings. The smallest absolute Gasteiger partial charge is 0.226 e. The molecule has 0 radical (unpaired) electrons. The van der Waals surface area contributed by atoms with Gasteiger partial charge in [-0.15, -0.1) is 0 Å². The van der Waals surface area contributed by atoms with Crippen molar-refractivity contribution in [2.24, 2.45) is 0 Å². The minimum atomic E-state index is -0.533. The number of para-hydroxylation sites is 2. The summed E-state index contributed by atoms with van der Waals surface area (Å²) >= 11 is 0. The van der Waals surface area contributed by atoms with Crippen molar-refractivity contribution in [1.82, 2.24) is 14.8 Å². The van der Waals surface area contributed by atoms with Crippen molar-refractivity contribution >= 4 is 11.6 Å². The first kappa shape index (κ1) is 20.3. The molecule has 0 fully saturated rings. The van der Waals surface area contributed by atoms with E-state index in [9.17, 15) is 4.39 Å². The van der Waals surface area contributed by atoms with E-state index in [0.29, 0.717) is 17.4 Å². The SMILES string of the molecule is COc1cccc([C@H]2Oc3ccccc3C3=C2[C@@H](c2ccc(F)cc2)n2ncnc2N3)c1OC. The second-order valence-corrected chi connectivity index (χ2v) is 8.01. The van der Waals surface area contributed by atoms with E-state index in [1.807, 2.05) is 42.5 Å². The average Bonchev–Trinajstić information content (AvgIpc) is 3.35. The number of fused-ring (bicyclic) bond motifs is 3. The maximum atomic E-state index is 13.8. The van der Waals surface area contributed by atoms with Crippen LogP contribution in [0.1, 0.15) is 28.8 Å². The van der Waals surface area contributed by atoms with Gasteiger partial charge in [-0.2, -0.15) is 10.1 Å². The molecule has 3 heterocycles. The predicted octanol–water partition coefficient (Wildman–Crippen LogP) is 4.99. The Morgan fingerprint density at radius 3 is 2.59 bits per heavy atom. The van der Waals surface area contributed by atoms with Crippen molar-refractivity contribution in [3.8, 4) is 17.2 Å². The average molecular weight is 456 g/mol. The van der Waals surface area contributed by atoms with Crippen LogP contribution in [0, 0.1) is 5.82 Å². The third-order valence-corrected chi connectivity index (χ3v) is 6.22. The van der Waals surface area contributed by atoms with Crippen molar-refractivity contribution in [2.45, 2.75) is 12.1 Å². The molecule has 0 bridgehead atoms. The van der Waals surface area contributed by atoms with Crippen LogP contribution in [0.25, 0.3) is 5.70 Å². The highest BCUT2D eigenvalue weighted by molar-refractivity contribution is 5.85. The summed E-state index contributed by atoms with van der Waals surface area (Å²) in [6.07, 6.45) is 0.973. The predicted molar refractivity (Wildman–Crippen MR) is 124 cm³/mol. The highest BCUT2D eigenvalue weighted by Crippen LogP contribution is 2.52. The Morgan fingerprint density at radius 1 is 0.971 bits per heavy atom. The number of ether oxygens (including phenoxy) is 3. The van der Waals surface area contributed by atoms with E-state index in [4.69, 9.17) is 14.2 Å². The number of aromatic nitrogens is 3. The minimum absolute atomic E-state index is 0.304. The van der Waals surface area contributed by atoms with Gasteiger partial charge in [-0.1, -0.05) is 36.4 Å². The van der Waals surface area contributed by atoms with Crippen LogP contribution in [-0.2, 0) is 0 Å². The Morgan fingerprint density at radius 2 is 1.79 bits per heavy atom. The number of nitrogens with zero attached hydrogens (tertiary/aromatic N) is 3. The molecule has 0 saturated carbocycles. The van der Waals surface area contributed by atoms with Crippen LogP contribution in [0.15, 0.2) is 78.6 Å². The van der Waals surface area contributed by atoms with Crippen molar-refractivity contribution < 1.29 is 18.6 Å². The number of nitrogens with one attached hydrogen (secondary N) is 1. The molecule has 8 heteroatoms. The first-order valence-electron chi connectivity index (χ1n) is 10.8. The van der Waals surface area contributed by atoms with Crippen LogP contribution in [0.3, 0.4) is 0 Å². The molecule has 7 nitrogen and oxygen atoms in total. The van der Waals surface area contributed by atoms with E-state index in [1.54, 1.807) is 31.0 Å². The molecular formula is C26H21FN4O3. The van der Waals surface area contributed by atoms with Crippen LogP contribution < -0.4 is 19.5 Å². The standard InChI is InChI=1S/C26H21FN4O3/c1-32-20-9-5-7-18(24(20)33-2)25-21-22(17-6-3-4-8-19(17)34-25)30-26-28-14-29-31(26)23(21)15-10-12-16(27)13-11-15/h3-14,23,25H,1-2H3,(H,28,29,30)/t23-,25-/m1/s1. The summed E-state index contributed by atoms with van der Waals surface area (Å²) in [5.74, 6) is 2.22. The van der Waals surface area contributed by atoms with E-state index in [-0.39, 0.29) is 11.9 Å². The van der Waals surface area contributed by atoms with Crippen molar-refractivity contribution in [1.29, 1.82) is 0 Å². The number of halogens is 1. The van der Waals surface area contributed by atoms with Gasteiger partial charge in [0.05, 0.1) is 19.9 Å². The number of rotatable bonds is 4. The van der Waals surface area contributed by atoms with Crippen molar-refractivity contribution in [2.75, 3.05) is 19.5 Å². The zero-order valence-corrected chi connectivity index (χ0v) is 18.5. The fourth-order valence-corrected chi connectivity index (χ4v) is 4.76. The Hall–Kier alpha value is -4.33. The fourth-order valence-electron chi connectivity index (χ4n) is 4.76. The zero-order chi connectivity index (χ0) is 23.2. The van der Waals surface area contributed by atoms with E-state index in [0.717, 1.165) is 33.7 Å². The van der Waals surface area contributed by atoms with Crippen LogP contribution in [0.4, 0.5) is 10.3 Å². The summed E-state index contributed by atoms with van der Waals surface area (Å²) < 4.78 is 33.6. The monoisotopic (exact) mass is 456 g/mol. The molecular weight excluding hydrogens is 435 g/mol. The fraction of sp³-hybridized carbons (Fsp3) is 0.154. The third kappa shape index (κ3) is 3.02. The summed E-state index contributed by atoms with van der Waals surface area (Å²) in [6.45, 7) is 0. The van der Waals surface area contributed by atoms with Gasteiger partial charge in [0, 0.05) is 16.7 Å². The van der Waals surface area contributed by atoms with Crippen LogP contribution in [0.2, 0.25) is 0 Å². The number of hydrogen-bond acceptors (Lipinski definition) is 6. The molecule has 1 aromatic heterocycles. The highest BCUT2D eigenvalue weighted by atomic mass is 19.1. The first-order valence-corrected chi connectivity index (χ1v) is 10.8. The number of benzene rings is 3. The molecule has 3 aromatic carbocycles. The number of anilines is 1. The Kier molecular flexibility index (Phi) is 4.72. The quantitative estimate of drug-likeness (QED) is 0.466. The maximum absolute atomic E-state index is 13.8. The molecule has 0 amide bonds. The largest absolute Gasteiger partial charge is 0.493 e. The van der Waals surface area contributed by atoms with E-state index < -0.39 is 6.10 Å². The van der Waals surface area contributed by atoms with Crippen LogP contribution in [0.5, 0.6) is 17.2 Å². The Balaban J connectivity index is 1.64. The second-order valence-electron chi connectivity index (χ2n) is 8.01. The lowest BCUT2D eigenvalue weighted by atomic mass is 9.84. The summed E-state index contributed by atoms with van der Waals surface area (Å²) in [5.41, 5.74) is 4.37. The molecule has 2 aliphatic rings. The first-order chi connectivity index (χ1) is 16.7. The Labute approximate surface area is 195 Å². The van der Waals surface area contributed by atoms with Crippen molar-refractivity contribution in [3.05, 3.63) is 101 Å². The van der Waals surface area contributed by atoms with Gasteiger partial charge in [0.2, 0.25) is 5.95 Å². The summed E-state index contributed by atoms with van der Waals surface area (Å²) in [4.78, 5) is 4.42. The normalized spacial score (nSPS) is 18.2. The molecule has 0 saturated heterocycles. The van der Waals surface area contributed by atoms with Gasteiger partial charge in [-0.25, -0.2) is 9.07 Å². The summed E-state index contributed by atoms with van der Waals surface area (Å²) in [7, 11) is 3.22. The topological polar surface area (TPSA) is 70.4 Å². The number of hydrogen-bond donors (Lipinski definition) is 1. The van der Waals surface area contributed by atoms with E-state index in [1.165, 1.54) is 18.5 Å². The van der Waals surface area contributed by atoms with Crippen LogP contribution in [-0.4, -0.2) is 29.0 Å². The van der Waals surface area contributed by atoms with E-state index >= 15 is 0 Å². The molecule has 0 aliphatic carbocycles. The van der Waals surface area contributed by atoms with Gasteiger partial charge in [-0.05, 0) is 35.9 Å². The van der Waals surface area contributed by atoms with Gasteiger partial charge in [0.25, 0.3) is 0 Å². The lowest BCUT2D eigenvalue weighted by Crippen LogP contribution is -2.32. The number of methoxy groups -OCH3 is 2. The van der Waals surface area contributed by atoms with Gasteiger partial charge < -0.3 is 19.5 Å². The third-order valence-electron chi connectivity index (χ3n) is 6.22. The molecule has 170 valence electrons. The highest BCUT2D eigenvalue weighted by Gasteiger charge is 2.42. The maximum Gasteiger partial charge on any atom is 0.226 e. The minimum Gasteiger partial charge on any atom is -0.493 e. The second kappa shape index (κ2) is 7.91. The van der Waals surface area contributed by atoms with Gasteiger partial charge in [0.15, 0.2) is 17.6 Å². The van der Waals surface area contributed by atoms with Crippen LogP contribution >= 0.6 is 0 Å². The molecule has 0 spiro atoms. The van der Waals surface area contributed by atoms with Crippen molar-refractivity contribution in [3.63, 3.8) is 0 Å². The molecule has 6 rings (SSSR count). The van der Waals surface area contributed by atoms with Gasteiger partial charge in [0.1, 0.15) is 23.9 Å². The summed E-state index contributed by atoms with van der Waals surface area (Å²) in [6, 6.07) is 19.6. The van der Waals surface area contributed by atoms with E-state index in [2.05, 4.69) is 15.4 Å². The van der Waals surface area contributed by atoms with Gasteiger partial charge >= 0.3 is 0 Å². The zero-order valence-electron chi connectivity index (χ0n) is 18.5. The molecule has 0 unspecified atom stereocenters. The lowest BCUT2D eigenvalue weighted by molar-refractivity contribution is 0.216. The van der Waals surface area contributed by atoms with Gasteiger partial charge in [-0.3, -0.25) is 0 Å². The Bertz CT molecular complexity index is 1410. The molecule has 1 N–H and O–H groups in total. The molecule has 34 heavy (non-hydrogen) atoms. The molecule has 2 aliphatic heterocycles. The summed E-state index contributed by atoms with van der Waals surface area (Å²) in [5, 5.41) is 7.95. The lowest BCUT2D eigenvalue weighted by Gasteiger charge is -2.39. The molecule has 2 atom stereocenters.